The number of piperidine rings is 1. The van der Waals surface area contributed by atoms with Gasteiger partial charge in [-0.3, -0.25) is 18.7 Å². The standard InChI is InChI=1S/C24H26BrN3O5/c1-15(29)26-10-4-5-18(14-26)28-20-8-7-17(25)12-19(20)23(30)27(24(28)31)13-16-6-9-21(32-2)22(11-16)33-3/h6-9,11-12,18H,4-5,10,13-14H2,1-3H3. The Hall–Kier alpha value is -3.07. The van der Waals surface area contributed by atoms with Gasteiger partial charge in [-0.15, -0.1) is 0 Å². The summed E-state index contributed by atoms with van der Waals surface area (Å²) in [6.07, 6.45) is 1.55. The molecule has 0 bridgehead atoms. The molecule has 0 aliphatic carbocycles. The fourth-order valence-corrected chi connectivity index (χ4v) is 4.82. The molecule has 1 saturated heterocycles. The molecule has 33 heavy (non-hydrogen) atoms. The van der Waals surface area contributed by atoms with Crippen molar-refractivity contribution in [1.82, 2.24) is 14.0 Å². The number of ether oxygens (including phenoxy) is 2. The number of rotatable bonds is 5. The molecule has 0 N–H and O–H groups in total. The van der Waals surface area contributed by atoms with E-state index in [1.165, 1.54) is 11.7 Å². The molecule has 174 valence electrons. The lowest BCUT2D eigenvalue weighted by atomic mass is 10.0. The molecule has 3 aromatic rings. The minimum absolute atomic E-state index is 0.0153. The molecule has 1 fully saturated rings. The smallest absolute Gasteiger partial charge is 0.332 e. The van der Waals surface area contributed by atoms with E-state index in [4.69, 9.17) is 9.47 Å². The van der Waals surface area contributed by atoms with Crippen LogP contribution >= 0.6 is 15.9 Å². The van der Waals surface area contributed by atoms with Crippen molar-refractivity contribution in [2.24, 2.45) is 0 Å². The highest BCUT2D eigenvalue weighted by atomic mass is 79.9. The quantitative estimate of drug-likeness (QED) is 0.521. The highest BCUT2D eigenvalue weighted by Gasteiger charge is 2.26. The van der Waals surface area contributed by atoms with Crippen molar-refractivity contribution >= 4 is 32.7 Å². The summed E-state index contributed by atoms with van der Waals surface area (Å²) < 4.78 is 14.4. The second kappa shape index (κ2) is 9.43. The summed E-state index contributed by atoms with van der Waals surface area (Å²) in [5.41, 5.74) is 0.565. The molecule has 8 nitrogen and oxygen atoms in total. The first-order valence-corrected chi connectivity index (χ1v) is 11.5. The molecule has 0 spiro atoms. The maximum atomic E-state index is 13.7. The normalized spacial score (nSPS) is 16.1. The van der Waals surface area contributed by atoms with E-state index in [1.807, 2.05) is 6.07 Å². The van der Waals surface area contributed by atoms with Crippen molar-refractivity contribution in [2.45, 2.75) is 32.4 Å². The molecular weight excluding hydrogens is 490 g/mol. The fraction of sp³-hybridized carbons (Fsp3) is 0.375. The summed E-state index contributed by atoms with van der Waals surface area (Å²) in [6.45, 7) is 2.74. The number of hydrogen-bond donors (Lipinski definition) is 0. The maximum absolute atomic E-state index is 13.7. The van der Waals surface area contributed by atoms with Gasteiger partial charge in [0.1, 0.15) is 0 Å². The molecule has 4 rings (SSSR count). The Bertz CT molecular complexity index is 1330. The van der Waals surface area contributed by atoms with Gasteiger partial charge in [-0.05, 0) is 48.7 Å². The van der Waals surface area contributed by atoms with Gasteiger partial charge in [0.05, 0.1) is 37.7 Å². The van der Waals surface area contributed by atoms with Crippen LogP contribution in [0.25, 0.3) is 10.9 Å². The Labute approximate surface area is 199 Å². The van der Waals surface area contributed by atoms with Crippen LogP contribution in [0.15, 0.2) is 50.5 Å². The zero-order chi connectivity index (χ0) is 23.7. The largest absolute Gasteiger partial charge is 0.493 e. The minimum Gasteiger partial charge on any atom is -0.493 e. The van der Waals surface area contributed by atoms with E-state index >= 15 is 0 Å². The van der Waals surface area contributed by atoms with Gasteiger partial charge >= 0.3 is 5.69 Å². The lowest BCUT2D eigenvalue weighted by Crippen LogP contribution is -2.46. The molecule has 1 unspecified atom stereocenters. The third-order valence-corrected chi connectivity index (χ3v) is 6.62. The number of carbonyl (C=O) groups is 1. The van der Waals surface area contributed by atoms with Crippen LogP contribution in [-0.4, -0.2) is 47.3 Å². The third kappa shape index (κ3) is 4.42. The Morgan fingerprint density at radius 2 is 1.85 bits per heavy atom. The van der Waals surface area contributed by atoms with Crippen LogP contribution in [0.3, 0.4) is 0 Å². The first-order valence-electron chi connectivity index (χ1n) is 10.7. The number of fused-ring (bicyclic) bond motifs is 1. The Morgan fingerprint density at radius 1 is 1.09 bits per heavy atom. The van der Waals surface area contributed by atoms with E-state index in [2.05, 4.69) is 15.9 Å². The number of amides is 1. The number of hydrogen-bond acceptors (Lipinski definition) is 5. The molecule has 2 aromatic carbocycles. The zero-order valence-corrected chi connectivity index (χ0v) is 20.4. The molecule has 0 saturated carbocycles. The molecule has 1 amide bonds. The van der Waals surface area contributed by atoms with Gasteiger partial charge in [0.2, 0.25) is 5.91 Å². The summed E-state index contributed by atoms with van der Waals surface area (Å²) >= 11 is 3.44. The predicted molar refractivity (Wildman–Crippen MR) is 129 cm³/mol. The van der Waals surface area contributed by atoms with E-state index in [1.54, 1.807) is 53.8 Å². The van der Waals surface area contributed by atoms with Crippen molar-refractivity contribution in [2.75, 3.05) is 27.3 Å². The van der Waals surface area contributed by atoms with Crippen LogP contribution in [-0.2, 0) is 11.3 Å². The number of aromatic nitrogens is 2. The van der Waals surface area contributed by atoms with Gasteiger partial charge in [0, 0.05) is 24.5 Å². The molecule has 9 heteroatoms. The van der Waals surface area contributed by atoms with Crippen LogP contribution in [0.2, 0.25) is 0 Å². The van der Waals surface area contributed by atoms with Crippen molar-refractivity contribution < 1.29 is 14.3 Å². The van der Waals surface area contributed by atoms with Crippen molar-refractivity contribution in [1.29, 1.82) is 0 Å². The number of carbonyl (C=O) groups excluding carboxylic acids is 1. The van der Waals surface area contributed by atoms with Gasteiger partial charge in [-0.2, -0.15) is 0 Å². The summed E-state index contributed by atoms with van der Waals surface area (Å²) in [7, 11) is 3.09. The van der Waals surface area contributed by atoms with Crippen molar-refractivity contribution in [3.05, 3.63) is 67.3 Å². The second-order valence-corrected chi connectivity index (χ2v) is 9.07. The SMILES string of the molecule is COc1ccc(Cn2c(=O)c3cc(Br)ccc3n(C3CCCN(C(C)=O)C3)c2=O)cc1OC. The Morgan fingerprint density at radius 3 is 2.55 bits per heavy atom. The van der Waals surface area contributed by atoms with E-state index in [0.29, 0.717) is 35.5 Å². The minimum atomic E-state index is -0.389. The van der Waals surface area contributed by atoms with Gasteiger partial charge in [-0.25, -0.2) is 4.79 Å². The molecule has 2 heterocycles. The molecule has 0 radical (unpaired) electrons. The number of benzene rings is 2. The lowest BCUT2D eigenvalue weighted by molar-refractivity contribution is -0.130. The van der Waals surface area contributed by atoms with Crippen molar-refractivity contribution in [3.8, 4) is 11.5 Å². The van der Waals surface area contributed by atoms with Gasteiger partial charge < -0.3 is 14.4 Å². The van der Waals surface area contributed by atoms with Crippen molar-refractivity contribution in [3.63, 3.8) is 0 Å². The van der Waals surface area contributed by atoms with Crippen LogP contribution in [0.5, 0.6) is 11.5 Å². The van der Waals surface area contributed by atoms with E-state index < -0.39 is 0 Å². The monoisotopic (exact) mass is 515 g/mol. The highest BCUT2D eigenvalue weighted by Crippen LogP contribution is 2.28. The number of likely N-dealkylation sites (tertiary alicyclic amines) is 1. The second-order valence-electron chi connectivity index (χ2n) is 8.16. The number of methoxy groups -OCH3 is 2. The van der Waals surface area contributed by atoms with Crippen LogP contribution in [0.1, 0.15) is 31.4 Å². The van der Waals surface area contributed by atoms with Gasteiger partial charge in [0.25, 0.3) is 5.56 Å². The summed E-state index contributed by atoms with van der Waals surface area (Å²) in [5.74, 6) is 1.08. The lowest BCUT2D eigenvalue weighted by Gasteiger charge is -2.34. The van der Waals surface area contributed by atoms with E-state index in [0.717, 1.165) is 22.9 Å². The van der Waals surface area contributed by atoms with Gasteiger partial charge in [0.15, 0.2) is 11.5 Å². The number of nitrogens with zero attached hydrogens (tertiary/aromatic N) is 3. The van der Waals surface area contributed by atoms with E-state index in [9.17, 15) is 14.4 Å². The first kappa shape index (κ1) is 23.1. The topological polar surface area (TPSA) is 82.8 Å². The Balaban J connectivity index is 1.88. The fourth-order valence-electron chi connectivity index (χ4n) is 4.46. The summed E-state index contributed by atoms with van der Waals surface area (Å²) in [5, 5.41) is 0.449. The van der Waals surface area contributed by atoms with Gasteiger partial charge in [-0.1, -0.05) is 22.0 Å². The average Bonchev–Trinajstić information content (AvgIpc) is 2.82. The van der Waals surface area contributed by atoms with E-state index in [-0.39, 0.29) is 29.7 Å². The zero-order valence-electron chi connectivity index (χ0n) is 18.8. The predicted octanol–water partition coefficient (Wildman–Crippen LogP) is 3.17. The molecule has 1 aliphatic rings. The molecule has 1 atom stereocenters. The molecule has 1 aromatic heterocycles. The first-order chi connectivity index (χ1) is 15.8. The molecular formula is C24H26BrN3O5. The highest BCUT2D eigenvalue weighted by molar-refractivity contribution is 9.10. The maximum Gasteiger partial charge on any atom is 0.332 e. The van der Waals surface area contributed by atoms with Crippen LogP contribution in [0.4, 0.5) is 0 Å². The third-order valence-electron chi connectivity index (χ3n) is 6.13. The summed E-state index contributed by atoms with van der Waals surface area (Å²) in [6, 6.07) is 10.5. The van der Waals surface area contributed by atoms with Crippen LogP contribution < -0.4 is 20.7 Å². The number of halogens is 1. The Kier molecular flexibility index (Phi) is 6.60. The molecule has 1 aliphatic heterocycles. The average molecular weight is 516 g/mol. The van der Waals surface area contributed by atoms with Crippen LogP contribution in [0, 0.1) is 0 Å². The summed E-state index contributed by atoms with van der Waals surface area (Å²) in [4.78, 5) is 40.9.